The fourth-order valence-electron chi connectivity index (χ4n) is 2.29. The van der Waals surface area contributed by atoms with Crippen molar-refractivity contribution in [2.45, 2.75) is 17.7 Å². The summed E-state index contributed by atoms with van der Waals surface area (Å²) in [6.45, 7) is 0. The average molecular weight is 286 g/mol. The van der Waals surface area contributed by atoms with Gasteiger partial charge in [0, 0.05) is 5.56 Å². The van der Waals surface area contributed by atoms with E-state index in [9.17, 15) is 8.42 Å². The number of fused-ring (bicyclic) bond motifs is 1. The standard InChI is InChI=1S/C15H14N2O2S/c18-20(19,13-7-2-1-3-8-13)17-16-15-11-10-12-6-4-5-9-14(12)15/h1-9,17H,10-11H2/b16-15+. The number of nitrogens with one attached hydrogen (secondary N) is 1. The number of nitrogens with zero attached hydrogens (tertiary/aromatic N) is 1. The van der Waals surface area contributed by atoms with Crippen LogP contribution in [0, 0.1) is 0 Å². The molecule has 4 nitrogen and oxygen atoms in total. The smallest absolute Gasteiger partial charge is 0.200 e. The minimum atomic E-state index is -3.59. The molecule has 5 heteroatoms. The van der Waals surface area contributed by atoms with Crippen molar-refractivity contribution in [2.75, 3.05) is 0 Å². The third-order valence-electron chi connectivity index (χ3n) is 3.31. The van der Waals surface area contributed by atoms with E-state index in [1.54, 1.807) is 30.3 Å². The van der Waals surface area contributed by atoms with Gasteiger partial charge in [-0.2, -0.15) is 18.4 Å². The normalized spacial score (nSPS) is 16.1. The number of hydrazone groups is 1. The lowest BCUT2D eigenvalue weighted by molar-refractivity contribution is 0.584. The summed E-state index contributed by atoms with van der Waals surface area (Å²) in [5.41, 5.74) is 3.04. The second-order valence-electron chi connectivity index (χ2n) is 4.62. The van der Waals surface area contributed by atoms with Crippen LogP contribution in [0.2, 0.25) is 0 Å². The van der Waals surface area contributed by atoms with Crippen LogP contribution in [0.5, 0.6) is 0 Å². The van der Waals surface area contributed by atoms with Crippen molar-refractivity contribution in [3.05, 3.63) is 65.7 Å². The first-order valence-corrected chi connectivity index (χ1v) is 7.87. The Labute approximate surface area is 118 Å². The zero-order valence-electron chi connectivity index (χ0n) is 10.8. The van der Waals surface area contributed by atoms with E-state index < -0.39 is 10.0 Å². The second kappa shape index (κ2) is 5.09. The summed E-state index contributed by atoms with van der Waals surface area (Å²) < 4.78 is 24.2. The molecule has 0 radical (unpaired) electrons. The van der Waals surface area contributed by atoms with E-state index in [0.29, 0.717) is 0 Å². The molecule has 3 rings (SSSR count). The third-order valence-corrected chi connectivity index (χ3v) is 4.54. The van der Waals surface area contributed by atoms with Gasteiger partial charge in [-0.1, -0.05) is 42.5 Å². The maximum Gasteiger partial charge on any atom is 0.276 e. The fraction of sp³-hybridized carbons (Fsp3) is 0.133. The Balaban J connectivity index is 1.86. The predicted octanol–water partition coefficient (Wildman–Crippen LogP) is 2.32. The number of sulfonamides is 1. The van der Waals surface area contributed by atoms with Crippen molar-refractivity contribution < 1.29 is 8.42 Å². The van der Waals surface area contributed by atoms with Crippen LogP contribution in [0.3, 0.4) is 0 Å². The van der Waals surface area contributed by atoms with Crippen LogP contribution < -0.4 is 4.83 Å². The van der Waals surface area contributed by atoms with E-state index >= 15 is 0 Å². The summed E-state index contributed by atoms with van der Waals surface area (Å²) in [7, 11) is -3.59. The van der Waals surface area contributed by atoms with Crippen molar-refractivity contribution in [3.8, 4) is 0 Å². The van der Waals surface area contributed by atoms with Gasteiger partial charge in [-0.15, -0.1) is 0 Å². The first kappa shape index (κ1) is 12.9. The highest BCUT2D eigenvalue weighted by Crippen LogP contribution is 2.22. The van der Waals surface area contributed by atoms with Crippen molar-refractivity contribution in [2.24, 2.45) is 5.10 Å². The van der Waals surface area contributed by atoms with Gasteiger partial charge in [0.05, 0.1) is 10.6 Å². The van der Waals surface area contributed by atoms with E-state index in [0.717, 1.165) is 24.1 Å². The summed E-state index contributed by atoms with van der Waals surface area (Å²) in [6.07, 6.45) is 1.67. The SMILES string of the molecule is O=S(=O)(N/N=C1\CCc2ccccc21)c1ccccc1. The van der Waals surface area contributed by atoms with Gasteiger partial charge in [-0.3, -0.25) is 0 Å². The van der Waals surface area contributed by atoms with Crippen molar-refractivity contribution in [3.63, 3.8) is 0 Å². The van der Waals surface area contributed by atoms with Gasteiger partial charge in [-0.25, -0.2) is 0 Å². The molecule has 2 aromatic carbocycles. The molecule has 1 N–H and O–H groups in total. The lowest BCUT2D eigenvalue weighted by atomic mass is 10.1. The zero-order valence-corrected chi connectivity index (χ0v) is 11.6. The van der Waals surface area contributed by atoms with E-state index in [4.69, 9.17) is 0 Å². The fourth-order valence-corrected chi connectivity index (χ4v) is 3.14. The molecule has 0 spiro atoms. The monoisotopic (exact) mass is 286 g/mol. The number of hydrogen-bond donors (Lipinski definition) is 1. The first-order chi connectivity index (χ1) is 9.67. The molecule has 0 heterocycles. The highest BCUT2D eigenvalue weighted by atomic mass is 32.2. The van der Waals surface area contributed by atoms with Gasteiger partial charge in [0.1, 0.15) is 0 Å². The second-order valence-corrected chi connectivity index (χ2v) is 6.28. The Morgan fingerprint density at radius 2 is 1.60 bits per heavy atom. The molecule has 20 heavy (non-hydrogen) atoms. The van der Waals surface area contributed by atoms with Crippen LogP contribution in [0.4, 0.5) is 0 Å². The number of hydrogen-bond acceptors (Lipinski definition) is 3. The molecule has 0 saturated heterocycles. The molecule has 0 saturated carbocycles. The highest BCUT2D eigenvalue weighted by molar-refractivity contribution is 7.89. The van der Waals surface area contributed by atoms with Crippen molar-refractivity contribution in [1.82, 2.24) is 4.83 Å². The molecule has 2 aromatic rings. The van der Waals surface area contributed by atoms with Crippen molar-refractivity contribution in [1.29, 1.82) is 0 Å². The summed E-state index contributed by atoms with van der Waals surface area (Å²) in [5, 5.41) is 4.09. The predicted molar refractivity (Wildman–Crippen MR) is 78.1 cm³/mol. The molecule has 0 amide bonds. The number of benzene rings is 2. The van der Waals surface area contributed by atoms with Crippen LogP contribution in [0.25, 0.3) is 0 Å². The average Bonchev–Trinajstić information content (AvgIpc) is 2.89. The molecule has 1 aliphatic carbocycles. The number of rotatable bonds is 3. The van der Waals surface area contributed by atoms with Gasteiger partial charge in [-0.05, 0) is 30.5 Å². The molecular formula is C15H14N2O2S. The summed E-state index contributed by atoms with van der Waals surface area (Å²) in [5.74, 6) is 0. The van der Waals surface area contributed by atoms with Gasteiger partial charge in [0.2, 0.25) is 0 Å². The quantitative estimate of drug-likeness (QED) is 0.880. The minimum absolute atomic E-state index is 0.218. The zero-order chi connectivity index (χ0) is 14.0. The third kappa shape index (κ3) is 2.44. The van der Waals surface area contributed by atoms with E-state index in [2.05, 4.69) is 9.93 Å². The maximum atomic E-state index is 12.1. The highest BCUT2D eigenvalue weighted by Gasteiger charge is 2.18. The van der Waals surface area contributed by atoms with Crippen LogP contribution in [-0.4, -0.2) is 14.1 Å². The molecule has 0 bridgehead atoms. The summed E-state index contributed by atoms with van der Waals surface area (Å²) >= 11 is 0. The Kier molecular flexibility index (Phi) is 3.28. The van der Waals surface area contributed by atoms with Crippen LogP contribution >= 0.6 is 0 Å². The Hall–Kier alpha value is -2.14. The number of aryl methyl sites for hydroxylation is 1. The van der Waals surface area contributed by atoms with Gasteiger partial charge in [0.25, 0.3) is 10.0 Å². The Morgan fingerprint density at radius 1 is 0.900 bits per heavy atom. The van der Waals surface area contributed by atoms with E-state index in [-0.39, 0.29) is 4.90 Å². The van der Waals surface area contributed by atoms with Crippen LogP contribution in [0.1, 0.15) is 17.5 Å². The molecule has 102 valence electrons. The molecule has 0 aromatic heterocycles. The van der Waals surface area contributed by atoms with E-state index in [1.165, 1.54) is 5.56 Å². The molecule has 0 fully saturated rings. The minimum Gasteiger partial charge on any atom is -0.200 e. The van der Waals surface area contributed by atoms with Crippen LogP contribution in [0.15, 0.2) is 64.6 Å². The molecular weight excluding hydrogens is 272 g/mol. The van der Waals surface area contributed by atoms with Crippen molar-refractivity contribution >= 4 is 15.7 Å². The maximum absolute atomic E-state index is 12.1. The lowest BCUT2D eigenvalue weighted by Crippen LogP contribution is -2.20. The lowest BCUT2D eigenvalue weighted by Gasteiger charge is -2.04. The van der Waals surface area contributed by atoms with E-state index in [1.807, 2.05) is 24.3 Å². The molecule has 1 aliphatic rings. The summed E-state index contributed by atoms with van der Waals surface area (Å²) in [6, 6.07) is 16.2. The van der Waals surface area contributed by atoms with Crippen LogP contribution in [-0.2, 0) is 16.4 Å². The molecule has 0 unspecified atom stereocenters. The Morgan fingerprint density at radius 3 is 2.40 bits per heavy atom. The van der Waals surface area contributed by atoms with Gasteiger partial charge in [0.15, 0.2) is 0 Å². The molecule has 0 atom stereocenters. The summed E-state index contributed by atoms with van der Waals surface area (Å²) in [4.78, 5) is 2.54. The molecule has 0 aliphatic heterocycles. The Bertz CT molecular complexity index is 752. The van der Waals surface area contributed by atoms with Gasteiger partial charge >= 0.3 is 0 Å². The topological polar surface area (TPSA) is 58.5 Å². The largest absolute Gasteiger partial charge is 0.276 e. The first-order valence-electron chi connectivity index (χ1n) is 6.38. The van der Waals surface area contributed by atoms with Gasteiger partial charge < -0.3 is 0 Å².